The fourth-order valence-electron chi connectivity index (χ4n) is 3.03. The van der Waals surface area contributed by atoms with E-state index in [1.807, 2.05) is 36.4 Å². The monoisotopic (exact) mass is 387 g/mol. The molecule has 0 radical (unpaired) electrons. The molecule has 1 aromatic carbocycles. The summed E-state index contributed by atoms with van der Waals surface area (Å²) in [5.74, 6) is 0.434. The van der Waals surface area contributed by atoms with Crippen molar-refractivity contribution in [2.24, 2.45) is 7.05 Å². The van der Waals surface area contributed by atoms with Crippen LogP contribution in [0.2, 0.25) is 0 Å². The molecule has 3 aromatic heterocycles. The number of para-hydroxylation sites is 1. The normalized spacial score (nSPS) is 11.6. The molecule has 4 aromatic rings. The number of nitrogens with zero attached hydrogens (tertiary/aromatic N) is 4. The van der Waals surface area contributed by atoms with Gasteiger partial charge < -0.3 is 15.0 Å². The van der Waals surface area contributed by atoms with Gasteiger partial charge in [0.2, 0.25) is 0 Å². The zero-order chi connectivity index (χ0) is 20.6. The van der Waals surface area contributed by atoms with Gasteiger partial charge in [-0.25, -0.2) is 9.97 Å². The minimum atomic E-state index is -1.02. The van der Waals surface area contributed by atoms with Gasteiger partial charge in [0.1, 0.15) is 16.8 Å². The van der Waals surface area contributed by atoms with E-state index in [0.717, 1.165) is 11.3 Å². The second-order valence-electron chi connectivity index (χ2n) is 7.39. The van der Waals surface area contributed by atoms with E-state index in [1.54, 1.807) is 39.2 Å². The van der Waals surface area contributed by atoms with E-state index in [4.69, 9.17) is 4.98 Å². The molecule has 0 aliphatic heterocycles. The summed E-state index contributed by atoms with van der Waals surface area (Å²) in [6, 6.07) is 14.9. The van der Waals surface area contributed by atoms with Crippen LogP contribution in [0.25, 0.3) is 22.2 Å². The first-order chi connectivity index (χ1) is 13.8. The summed E-state index contributed by atoms with van der Waals surface area (Å²) in [4.78, 5) is 26.2. The van der Waals surface area contributed by atoms with Crippen molar-refractivity contribution in [3.8, 4) is 11.3 Å². The molecule has 0 atom stereocenters. The third kappa shape index (κ3) is 3.72. The molecule has 0 saturated carbocycles. The summed E-state index contributed by atoms with van der Waals surface area (Å²) in [6.07, 6.45) is 3.16. The Morgan fingerprint density at radius 2 is 1.83 bits per heavy atom. The van der Waals surface area contributed by atoms with Crippen LogP contribution in [0, 0.1) is 0 Å². The van der Waals surface area contributed by atoms with Gasteiger partial charge in [0.05, 0.1) is 23.2 Å². The number of fused-ring (bicyclic) bond motifs is 1. The summed E-state index contributed by atoms with van der Waals surface area (Å²) in [5.41, 5.74) is 2.12. The van der Waals surface area contributed by atoms with E-state index >= 15 is 0 Å². The van der Waals surface area contributed by atoms with Crippen molar-refractivity contribution in [1.82, 2.24) is 19.5 Å². The maximum absolute atomic E-state index is 12.7. The van der Waals surface area contributed by atoms with Crippen LogP contribution in [0.1, 0.15) is 19.5 Å². The topological polar surface area (TPSA) is 92.9 Å². The molecule has 0 amide bonds. The Balaban J connectivity index is 1.88. The Labute approximate surface area is 167 Å². The molecule has 0 bridgehead atoms. The highest BCUT2D eigenvalue weighted by Gasteiger charge is 2.18. The summed E-state index contributed by atoms with van der Waals surface area (Å²) < 4.78 is 1.43. The quantitative estimate of drug-likeness (QED) is 0.558. The second-order valence-corrected chi connectivity index (χ2v) is 7.39. The highest BCUT2D eigenvalue weighted by Crippen LogP contribution is 2.27. The summed E-state index contributed by atoms with van der Waals surface area (Å²) >= 11 is 0. The van der Waals surface area contributed by atoms with Gasteiger partial charge in [-0.2, -0.15) is 0 Å². The van der Waals surface area contributed by atoms with Crippen molar-refractivity contribution in [3.63, 3.8) is 0 Å². The highest BCUT2D eigenvalue weighted by molar-refractivity contribution is 5.92. The molecule has 7 nitrogen and oxygen atoms in total. The Morgan fingerprint density at radius 1 is 1.07 bits per heavy atom. The van der Waals surface area contributed by atoms with E-state index in [1.165, 1.54) is 10.9 Å². The third-order valence-corrected chi connectivity index (χ3v) is 4.63. The Kier molecular flexibility index (Phi) is 4.60. The molecule has 3 heterocycles. The summed E-state index contributed by atoms with van der Waals surface area (Å²) in [6.45, 7) is 3.37. The molecule has 0 spiro atoms. The minimum Gasteiger partial charge on any atom is -0.384 e. The molecule has 29 heavy (non-hydrogen) atoms. The number of aliphatic hydroxyl groups is 1. The number of rotatable bonds is 4. The molecule has 2 N–H and O–H groups in total. The number of hydrogen-bond donors (Lipinski definition) is 2. The number of nitrogens with one attached hydrogen (secondary N) is 1. The van der Waals surface area contributed by atoms with Crippen LogP contribution in [0.3, 0.4) is 0 Å². The first kappa shape index (κ1) is 18.8. The Morgan fingerprint density at radius 3 is 2.48 bits per heavy atom. The molecule has 0 saturated heterocycles. The van der Waals surface area contributed by atoms with Crippen LogP contribution < -0.4 is 10.9 Å². The lowest BCUT2D eigenvalue weighted by molar-refractivity contribution is 0.0739. The van der Waals surface area contributed by atoms with Crippen LogP contribution in [0.15, 0.2) is 65.8 Å². The van der Waals surface area contributed by atoms with Gasteiger partial charge in [0, 0.05) is 24.5 Å². The number of aromatic nitrogens is 4. The molecule has 0 aliphatic rings. The van der Waals surface area contributed by atoms with E-state index in [-0.39, 0.29) is 5.56 Å². The molecule has 7 heteroatoms. The van der Waals surface area contributed by atoms with E-state index in [2.05, 4.69) is 15.3 Å². The minimum absolute atomic E-state index is 0.178. The summed E-state index contributed by atoms with van der Waals surface area (Å²) in [5, 5.41) is 13.8. The van der Waals surface area contributed by atoms with Crippen molar-refractivity contribution in [2.75, 3.05) is 5.32 Å². The Bertz CT molecular complexity index is 1230. The number of pyridine rings is 2. The molecule has 0 aliphatic carbocycles. The van der Waals surface area contributed by atoms with E-state index in [0.29, 0.717) is 28.1 Å². The van der Waals surface area contributed by atoms with Crippen LogP contribution >= 0.6 is 0 Å². The van der Waals surface area contributed by atoms with Crippen LogP contribution in [-0.2, 0) is 12.6 Å². The lowest BCUT2D eigenvalue weighted by Gasteiger charge is -2.16. The van der Waals surface area contributed by atoms with Gasteiger partial charge in [-0.05, 0) is 44.2 Å². The van der Waals surface area contributed by atoms with Crippen molar-refractivity contribution in [1.29, 1.82) is 0 Å². The standard InChI is InChI=1S/C22H21N5O2/c1-22(2,29)18-10-9-14(12-23-18)16-11-17-19(21(28)27(3)13-24-17)20(26-16)25-15-7-5-4-6-8-15/h4-13,29H,1-3H3,(H,25,26). The van der Waals surface area contributed by atoms with Gasteiger partial charge in [0.15, 0.2) is 0 Å². The van der Waals surface area contributed by atoms with Gasteiger partial charge in [-0.3, -0.25) is 9.78 Å². The smallest absolute Gasteiger partial charge is 0.264 e. The molecule has 4 rings (SSSR count). The first-order valence-corrected chi connectivity index (χ1v) is 9.20. The lowest BCUT2D eigenvalue weighted by Crippen LogP contribution is -2.19. The predicted octanol–water partition coefficient (Wildman–Crippen LogP) is 3.36. The molecular formula is C22H21N5O2. The number of anilines is 2. The lowest BCUT2D eigenvalue weighted by atomic mass is 10.0. The molecule has 146 valence electrons. The Hall–Kier alpha value is -3.58. The first-order valence-electron chi connectivity index (χ1n) is 9.20. The zero-order valence-corrected chi connectivity index (χ0v) is 16.4. The SMILES string of the molecule is Cn1cnc2cc(-c3ccc(C(C)(C)O)nc3)nc(Nc3ccccc3)c2c1=O. The van der Waals surface area contributed by atoms with Crippen molar-refractivity contribution >= 4 is 22.4 Å². The fourth-order valence-corrected chi connectivity index (χ4v) is 3.03. The van der Waals surface area contributed by atoms with E-state index < -0.39 is 5.60 Å². The van der Waals surface area contributed by atoms with Crippen LogP contribution in [0.5, 0.6) is 0 Å². The van der Waals surface area contributed by atoms with Crippen molar-refractivity contribution < 1.29 is 5.11 Å². The van der Waals surface area contributed by atoms with Crippen molar-refractivity contribution in [2.45, 2.75) is 19.4 Å². The maximum Gasteiger partial charge on any atom is 0.264 e. The van der Waals surface area contributed by atoms with Gasteiger partial charge in [-0.15, -0.1) is 0 Å². The third-order valence-electron chi connectivity index (χ3n) is 4.63. The van der Waals surface area contributed by atoms with E-state index in [9.17, 15) is 9.90 Å². The van der Waals surface area contributed by atoms with Gasteiger partial charge in [0.25, 0.3) is 5.56 Å². The fraction of sp³-hybridized carbons (Fsp3) is 0.182. The summed E-state index contributed by atoms with van der Waals surface area (Å²) in [7, 11) is 1.66. The highest BCUT2D eigenvalue weighted by atomic mass is 16.3. The van der Waals surface area contributed by atoms with Gasteiger partial charge in [-0.1, -0.05) is 18.2 Å². The molecule has 0 unspecified atom stereocenters. The maximum atomic E-state index is 12.7. The van der Waals surface area contributed by atoms with Crippen LogP contribution in [-0.4, -0.2) is 24.6 Å². The predicted molar refractivity (Wildman–Crippen MR) is 113 cm³/mol. The number of hydrogen-bond acceptors (Lipinski definition) is 6. The van der Waals surface area contributed by atoms with Gasteiger partial charge >= 0.3 is 0 Å². The van der Waals surface area contributed by atoms with Crippen molar-refractivity contribution in [3.05, 3.63) is 77.1 Å². The second kappa shape index (κ2) is 7.10. The average Bonchev–Trinajstić information content (AvgIpc) is 2.71. The largest absolute Gasteiger partial charge is 0.384 e. The molecular weight excluding hydrogens is 366 g/mol. The number of aryl methyl sites for hydroxylation is 1. The average molecular weight is 387 g/mol. The zero-order valence-electron chi connectivity index (χ0n) is 16.4. The van der Waals surface area contributed by atoms with Crippen LogP contribution in [0.4, 0.5) is 11.5 Å². The number of benzene rings is 1. The molecule has 0 fully saturated rings.